The summed E-state index contributed by atoms with van der Waals surface area (Å²) in [6.07, 6.45) is 18.8. The summed E-state index contributed by atoms with van der Waals surface area (Å²) in [5, 5.41) is 33.6. The van der Waals surface area contributed by atoms with Gasteiger partial charge >= 0.3 is 0 Å². The molecule has 4 heterocycles. The van der Waals surface area contributed by atoms with Crippen molar-refractivity contribution < 1.29 is 42.3 Å². The predicted octanol–water partition coefficient (Wildman–Crippen LogP) is 4.31. The fraction of sp³-hybridized carbons (Fsp3) is 0.887. The van der Waals surface area contributed by atoms with E-state index in [1.165, 1.54) is 41.3 Å². The number of β-amino-alcohol motifs (C(OH)–C–C–N with tert-alkyl or cyclic N) is 1. The van der Waals surface area contributed by atoms with E-state index in [0.717, 1.165) is 75.7 Å². The molecule has 18 nitrogen and oxygen atoms in total. The van der Waals surface area contributed by atoms with Crippen molar-refractivity contribution in [1.29, 1.82) is 0 Å². The number of thioether (sulfide) groups is 2. The summed E-state index contributed by atoms with van der Waals surface area (Å²) in [5.41, 5.74) is -0.857. The van der Waals surface area contributed by atoms with Gasteiger partial charge in [-0.25, -0.2) is 12.7 Å². The van der Waals surface area contributed by atoms with Crippen LogP contribution in [0.1, 0.15) is 169 Å². The van der Waals surface area contributed by atoms with Gasteiger partial charge in [-0.1, -0.05) is 65.7 Å². The van der Waals surface area contributed by atoms with Crippen LogP contribution in [0.5, 0.6) is 0 Å². The van der Waals surface area contributed by atoms with Gasteiger partial charge in [0.1, 0.15) is 23.6 Å². The van der Waals surface area contributed by atoms with Crippen LogP contribution in [0.2, 0.25) is 0 Å². The second-order valence-electron chi connectivity index (χ2n) is 23.6. The number of aliphatic hydroxyl groups excluding tert-OH is 1. The summed E-state index contributed by atoms with van der Waals surface area (Å²) in [5.74, 6) is 1.72. The standard InChI is InChI=1S/C53H93N9O9S3/c1-35-46(73-34-56-35)38-24-22-36(23-25-38)30-55-50(68)43-29-40(63)32-62(43)51(69)47(53(2,3)4)59-45(65)21-14-9-7-6-8-13-20-44(64)54-27-16-15-19-41(57-48(66)39-26-28-61(31-39)74(5,70)71)49(67)60-52-58-42(33-72-52)37-17-11-10-12-18-37/h35-43,46-47,52,56,58,63H,6-34H2,1-5H3,(H,54,64)(H,55,68)(H,57,66)(H,59,65)(H,60,67)/t35?,36?,38?,39?,40-,41+,42?,43+,46?,47-,52?/m1/s1. The predicted molar refractivity (Wildman–Crippen MR) is 293 cm³/mol. The maximum atomic E-state index is 14.1. The van der Waals surface area contributed by atoms with E-state index >= 15 is 0 Å². The molecule has 6 fully saturated rings. The number of amides is 6. The Hall–Kier alpha value is -2.69. The molecule has 9 atom stereocenters. The van der Waals surface area contributed by atoms with Crippen LogP contribution in [0.15, 0.2) is 0 Å². The third-order valence-corrected chi connectivity index (χ3v) is 20.5. The Labute approximate surface area is 451 Å². The number of rotatable bonds is 26. The lowest BCUT2D eigenvalue weighted by atomic mass is 9.79. The molecule has 2 saturated carbocycles. The zero-order chi connectivity index (χ0) is 53.4. The maximum absolute atomic E-state index is 14.1. The van der Waals surface area contributed by atoms with Gasteiger partial charge in [-0.2, -0.15) is 0 Å². The lowest BCUT2D eigenvalue weighted by Crippen LogP contribution is -2.58. The first-order valence-electron chi connectivity index (χ1n) is 28.4. The highest BCUT2D eigenvalue weighted by molar-refractivity contribution is 8.00. The monoisotopic (exact) mass is 1100 g/mol. The average Bonchev–Trinajstić information content (AvgIpc) is 4.21. The van der Waals surface area contributed by atoms with Crippen LogP contribution in [0.4, 0.5) is 0 Å². The van der Waals surface area contributed by atoms with Gasteiger partial charge in [0, 0.05) is 80.9 Å². The van der Waals surface area contributed by atoms with E-state index in [2.05, 4.69) is 44.1 Å². The lowest BCUT2D eigenvalue weighted by molar-refractivity contribution is -0.144. The summed E-state index contributed by atoms with van der Waals surface area (Å²) in [4.78, 5) is 82.0. The number of likely N-dealkylation sites (tertiary alicyclic amines) is 1. The summed E-state index contributed by atoms with van der Waals surface area (Å²) in [6.45, 7) is 9.41. The van der Waals surface area contributed by atoms with Gasteiger partial charge in [0.2, 0.25) is 45.5 Å². The smallest absolute Gasteiger partial charge is 0.246 e. The van der Waals surface area contributed by atoms with Gasteiger partial charge in [0.25, 0.3) is 0 Å². The number of carbonyl (C=O) groups excluding carboxylic acids is 6. The molecule has 0 spiro atoms. The van der Waals surface area contributed by atoms with Crippen LogP contribution in [0.3, 0.4) is 0 Å². The van der Waals surface area contributed by atoms with Gasteiger partial charge in [-0.3, -0.25) is 34.1 Å². The summed E-state index contributed by atoms with van der Waals surface area (Å²) < 4.78 is 25.5. The summed E-state index contributed by atoms with van der Waals surface area (Å²) in [6, 6.07) is -1.53. The maximum Gasteiger partial charge on any atom is 0.246 e. The number of nitrogens with one attached hydrogen (secondary N) is 7. The van der Waals surface area contributed by atoms with Gasteiger partial charge in [-0.05, 0) is 107 Å². The van der Waals surface area contributed by atoms with Crippen molar-refractivity contribution >= 4 is 69.0 Å². The number of hydrogen-bond donors (Lipinski definition) is 8. The van der Waals surface area contributed by atoms with Crippen molar-refractivity contribution in [1.82, 2.24) is 46.4 Å². The van der Waals surface area contributed by atoms with E-state index in [-0.39, 0.29) is 73.4 Å². The zero-order valence-electron chi connectivity index (χ0n) is 45.3. The van der Waals surface area contributed by atoms with Crippen LogP contribution in [-0.2, 0) is 38.8 Å². The molecule has 21 heteroatoms. The van der Waals surface area contributed by atoms with Crippen molar-refractivity contribution in [3.63, 3.8) is 0 Å². The molecule has 0 bridgehead atoms. The first-order valence-corrected chi connectivity index (χ1v) is 32.3. The Kier molecular flexibility index (Phi) is 24.0. The molecule has 422 valence electrons. The van der Waals surface area contributed by atoms with Crippen LogP contribution < -0.4 is 37.2 Å². The molecule has 0 aromatic rings. The minimum Gasteiger partial charge on any atom is -0.391 e. The Morgan fingerprint density at radius 3 is 2.11 bits per heavy atom. The molecule has 0 aromatic heterocycles. The third kappa shape index (κ3) is 18.8. The number of unbranched alkanes of at least 4 members (excludes halogenated alkanes) is 6. The number of carbonyl (C=O) groups is 6. The van der Waals surface area contributed by atoms with Crippen molar-refractivity contribution in [2.24, 2.45) is 29.1 Å². The molecule has 6 aliphatic rings. The quantitative estimate of drug-likeness (QED) is 0.0564. The largest absolute Gasteiger partial charge is 0.391 e. The Morgan fingerprint density at radius 1 is 0.770 bits per heavy atom. The highest BCUT2D eigenvalue weighted by Gasteiger charge is 2.45. The fourth-order valence-electron chi connectivity index (χ4n) is 12.0. The number of sulfonamides is 1. The van der Waals surface area contributed by atoms with E-state index in [1.807, 2.05) is 32.5 Å². The topological polar surface area (TPSA) is 247 Å². The molecular formula is C53H93N9O9S3. The van der Waals surface area contributed by atoms with Gasteiger partial charge in [0.15, 0.2) is 0 Å². The molecule has 6 amide bonds. The van der Waals surface area contributed by atoms with Crippen LogP contribution in [0.25, 0.3) is 0 Å². The van der Waals surface area contributed by atoms with Gasteiger partial charge in [0.05, 0.1) is 18.3 Å². The molecule has 0 radical (unpaired) electrons. The van der Waals surface area contributed by atoms with Crippen LogP contribution >= 0.6 is 23.5 Å². The molecule has 4 saturated heterocycles. The first kappa shape index (κ1) is 60.5. The first-order chi connectivity index (χ1) is 35.3. The van der Waals surface area contributed by atoms with E-state index in [1.54, 1.807) is 11.8 Å². The number of hydrogen-bond acceptors (Lipinski definition) is 13. The molecule has 8 N–H and O–H groups in total. The zero-order valence-corrected chi connectivity index (χ0v) is 47.7. The second kappa shape index (κ2) is 29.3. The lowest BCUT2D eigenvalue weighted by Gasteiger charge is -2.36. The fourth-order valence-corrected chi connectivity index (χ4v) is 15.6. The number of nitrogens with zero attached hydrogens (tertiary/aromatic N) is 2. The van der Waals surface area contributed by atoms with Crippen molar-refractivity contribution in [3.8, 4) is 0 Å². The molecule has 6 rings (SSSR count). The molecule has 2 aliphatic carbocycles. The third-order valence-electron chi connectivity index (χ3n) is 16.6. The van der Waals surface area contributed by atoms with Crippen molar-refractivity contribution in [3.05, 3.63) is 0 Å². The van der Waals surface area contributed by atoms with Crippen LogP contribution in [0, 0.1) is 29.1 Å². The summed E-state index contributed by atoms with van der Waals surface area (Å²) in [7, 11) is -3.41. The van der Waals surface area contributed by atoms with Crippen molar-refractivity contribution in [2.75, 3.05) is 50.6 Å². The van der Waals surface area contributed by atoms with Gasteiger partial charge in [-0.15, -0.1) is 23.5 Å². The minimum atomic E-state index is -3.41. The number of aliphatic hydroxyl groups is 1. The van der Waals surface area contributed by atoms with E-state index in [4.69, 9.17) is 0 Å². The molecular weight excluding hydrogens is 1000 g/mol. The Morgan fingerprint density at radius 2 is 1.46 bits per heavy atom. The molecule has 74 heavy (non-hydrogen) atoms. The Balaban J connectivity index is 0.828. The summed E-state index contributed by atoms with van der Waals surface area (Å²) >= 11 is 3.70. The van der Waals surface area contributed by atoms with Crippen molar-refractivity contribution in [2.45, 2.75) is 216 Å². The molecule has 4 aliphatic heterocycles. The second-order valence-corrected chi connectivity index (χ2v) is 27.9. The SMILES string of the molecule is CC1NCSC1C1CCC(CNC(=O)[C@@H]2C[C@@H](O)CN2C(=O)[C@@H](NC(=O)CCCCCCCCC(=O)NCCCC[C@H](NC(=O)C2CCN(S(C)(=O)=O)C2)C(=O)NC2NC(C3CCCCC3)CS2)C(C)(C)C)CC1. The van der Waals surface area contributed by atoms with Gasteiger partial charge < -0.3 is 41.9 Å². The highest BCUT2D eigenvalue weighted by atomic mass is 32.2. The van der Waals surface area contributed by atoms with Crippen LogP contribution in [-0.4, -0.2) is 156 Å². The average molecular weight is 1100 g/mol. The van der Waals surface area contributed by atoms with E-state index in [9.17, 15) is 42.3 Å². The normalized spacial score (nSPS) is 28.9. The Bertz CT molecular complexity index is 1970. The molecule has 5 unspecified atom stereocenters. The van der Waals surface area contributed by atoms with E-state index in [0.29, 0.717) is 86.7 Å². The molecule has 0 aromatic carbocycles. The van der Waals surface area contributed by atoms with E-state index < -0.39 is 45.6 Å². The highest BCUT2D eigenvalue weighted by Crippen LogP contribution is 2.39. The minimum absolute atomic E-state index is 0.0322.